The normalized spacial score (nSPS) is 18.4. The van der Waals surface area contributed by atoms with Gasteiger partial charge in [-0.1, -0.05) is 6.07 Å². The minimum Gasteiger partial charge on any atom is -0.342 e. The second-order valence-corrected chi connectivity index (χ2v) is 5.55. The average molecular weight is 267 g/mol. The number of aromatic nitrogens is 4. The van der Waals surface area contributed by atoms with Crippen molar-refractivity contribution in [3.05, 3.63) is 36.0 Å². The Morgan fingerprint density at radius 2 is 2.30 bits per heavy atom. The van der Waals surface area contributed by atoms with Crippen LogP contribution in [0.1, 0.15) is 17.9 Å². The predicted molar refractivity (Wildman–Crippen MR) is 78.3 cm³/mol. The van der Waals surface area contributed by atoms with Gasteiger partial charge in [-0.05, 0) is 31.9 Å². The van der Waals surface area contributed by atoms with Crippen LogP contribution in [-0.2, 0) is 13.0 Å². The first kappa shape index (κ1) is 11.7. The van der Waals surface area contributed by atoms with Crippen molar-refractivity contribution in [1.29, 1.82) is 0 Å². The Labute approximate surface area is 116 Å². The van der Waals surface area contributed by atoms with E-state index >= 15 is 0 Å². The van der Waals surface area contributed by atoms with Crippen LogP contribution in [0.15, 0.2) is 24.5 Å². The molecule has 5 nitrogen and oxygen atoms in total. The number of nitrogens with two attached hydrogens (primary N) is 1. The molecule has 0 spiro atoms. The van der Waals surface area contributed by atoms with Gasteiger partial charge in [0.1, 0.15) is 5.82 Å². The third kappa shape index (κ3) is 1.74. The zero-order valence-corrected chi connectivity index (χ0v) is 11.4. The summed E-state index contributed by atoms with van der Waals surface area (Å²) in [5.74, 6) is 0.940. The quantitative estimate of drug-likeness (QED) is 0.708. The number of H-pyrrole nitrogens is 1. The van der Waals surface area contributed by atoms with Crippen LogP contribution < -0.4 is 5.73 Å². The lowest BCUT2D eigenvalue weighted by Gasteiger charge is -2.21. The summed E-state index contributed by atoms with van der Waals surface area (Å²) < 4.78 is 2.19. The van der Waals surface area contributed by atoms with Gasteiger partial charge >= 0.3 is 0 Å². The molecule has 1 unspecified atom stereocenters. The van der Waals surface area contributed by atoms with Crippen LogP contribution in [0.2, 0.25) is 0 Å². The van der Waals surface area contributed by atoms with E-state index in [9.17, 15) is 0 Å². The van der Waals surface area contributed by atoms with Gasteiger partial charge in [-0.15, -0.1) is 0 Å². The van der Waals surface area contributed by atoms with Crippen molar-refractivity contribution in [2.45, 2.75) is 32.4 Å². The maximum Gasteiger partial charge on any atom is 0.104 e. The standard InChI is InChI=1S/C15H17N5/c1-9-18-12-4-2-10(6-13(12)19-9)15-14-5-3-11(16)7-20(14)8-17-15/h2,4,6,8,11H,3,5,7,16H2,1H3,(H,18,19). The summed E-state index contributed by atoms with van der Waals surface area (Å²) in [6, 6.07) is 6.53. The van der Waals surface area contributed by atoms with Gasteiger partial charge in [0.05, 0.1) is 23.1 Å². The number of benzene rings is 1. The highest BCUT2D eigenvalue weighted by molar-refractivity contribution is 5.81. The molecule has 0 saturated carbocycles. The number of fused-ring (bicyclic) bond motifs is 2. The molecule has 1 aliphatic heterocycles. The number of aryl methyl sites for hydroxylation is 1. The molecule has 0 fully saturated rings. The molecule has 0 saturated heterocycles. The molecular formula is C15H17N5. The van der Waals surface area contributed by atoms with E-state index in [4.69, 9.17) is 5.73 Å². The summed E-state index contributed by atoms with van der Waals surface area (Å²) in [6.45, 7) is 2.84. The lowest BCUT2D eigenvalue weighted by atomic mass is 10.0. The van der Waals surface area contributed by atoms with Crippen molar-refractivity contribution in [2.24, 2.45) is 5.73 Å². The Morgan fingerprint density at radius 3 is 3.20 bits per heavy atom. The summed E-state index contributed by atoms with van der Waals surface area (Å²) in [7, 11) is 0. The Balaban J connectivity index is 1.83. The van der Waals surface area contributed by atoms with E-state index in [1.807, 2.05) is 13.3 Å². The summed E-state index contributed by atoms with van der Waals surface area (Å²) in [6.07, 6.45) is 3.94. The van der Waals surface area contributed by atoms with Crippen molar-refractivity contribution >= 4 is 11.0 Å². The Morgan fingerprint density at radius 1 is 1.40 bits per heavy atom. The monoisotopic (exact) mass is 267 g/mol. The van der Waals surface area contributed by atoms with Crippen LogP contribution in [0, 0.1) is 6.92 Å². The maximum absolute atomic E-state index is 6.01. The van der Waals surface area contributed by atoms with Gasteiger partial charge in [0.2, 0.25) is 0 Å². The van der Waals surface area contributed by atoms with Crippen LogP contribution in [-0.4, -0.2) is 25.6 Å². The average Bonchev–Trinajstić information content (AvgIpc) is 2.99. The van der Waals surface area contributed by atoms with Crippen LogP contribution in [0.5, 0.6) is 0 Å². The molecule has 1 aliphatic rings. The number of aromatic amines is 1. The topological polar surface area (TPSA) is 72.5 Å². The lowest BCUT2D eigenvalue weighted by Crippen LogP contribution is -2.31. The smallest absolute Gasteiger partial charge is 0.104 e. The zero-order chi connectivity index (χ0) is 13.7. The van der Waals surface area contributed by atoms with E-state index in [-0.39, 0.29) is 6.04 Å². The second-order valence-electron chi connectivity index (χ2n) is 5.55. The number of nitrogens with one attached hydrogen (secondary N) is 1. The second kappa shape index (κ2) is 4.18. The van der Waals surface area contributed by atoms with E-state index in [1.54, 1.807) is 0 Å². The van der Waals surface area contributed by atoms with Gasteiger partial charge in [0, 0.05) is 23.8 Å². The largest absolute Gasteiger partial charge is 0.342 e. The minimum absolute atomic E-state index is 0.252. The third-order valence-electron chi connectivity index (χ3n) is 4.00. The fourth-order valence-corrected chi connectivity index (χ4v) is 3.02. The van der Waals surface area contributed by atoms with Crippen molar-refractivity contribution in [3.8, 4) is 11.3 Å². The van der Waals surface area contributed by atoms with Crippen LogP contribution in [0.3, 0.4) is 0 Å². The molecule has 3 heterocycles. The molecule has 1 aromatic carbocycles. The number of imidazole rings is 2. The molecule has 1 atom stereocenters. The van der Waals surface area contributed by atoms with Gasteiger partial charge < -0.3 is 15.3 Å². The number of hydrogen-bond acceptors (Lipinski definition) is 3. The Hall–Kier alpha value is -2.14. The SMILES string of the molecule is Cc1nc2ccc(-c3ncn4c3CCC(N)C4)cc2[nH]1. The fourth-order valence-electron chi connectivity index (χ4n) is 3.02. The zero-order valence-electron chi connectivity index (χ0n) is 11.4. The van der Waals surface area contributed by atoms with Crippen LogP contribution in [0.25, 0.3) is 22.3 Å². The van der Waals surface area contributed by atoms with Crippen molar-refractivity contribution in [2.75, 3.05) is 0 Å². The molecule has 0 aliphatic carbocycles. The number of hydrogen-bond donors (Lipinski definition) is 2. The number of rotatable bonds is 1. The molecule has 2 aromatic heterocycles. The Kier molecular flexibility index (Phi) is 2.44. The highest BCUT2D eigenvalue weighted by Crippen LogP contribution is 2.28. The summed E-state index contributed by atoms with van der Waals surface area (Å²) >= 11 is 0. The molecule has 102 valence electrons. The predicted octanol–water partition coefficient (Wildman–Crippen LogP) is 2.01. The highest BCUT2D eigenvalue weighted by Gasteiger charge is 2.20. The van der Waals surface area contributed by atoms with Gasteiger partial charge in [0.25, 0.3) is 0 Å². The molecular weight excluding hydrogens is 250 g/mol. The molecule has 3 aromatic rings. The minimum atomic E-state index is 0.252. The molecule has 3 N–H and O–H groups in total. The molecule has 0 radical (unpaired) electrons. The van der Waals surface area contributed by atoms with E-state index in [0.717, 1.165) is 47.5 Å². The molecule has 4 rings (SSSR count). The first-order valence-corrected chi connectivity index (χ1v) is 6.97. The van der Waals surface area contributed by atoms with Crippen molar-refractivity contribution in [3.63, 3.8) is 0 Å². The van der Waals surface area contributed by atoms with Gasteiger partial charge in [-0.25, -0.2) is 9.97 Å². The first-order chi connectivity index (χ1) is 9.70. The third-order valence-corrected chi connectivity index (χ3v) is 4.00. The van der Waals surface area contributed by atoms with Crippen LogP contribution >= 0.6 is 0 Å². The van der Waals surface area contributed by atoms with E-state index in [2.05, 4.69) is 37.7 Å². The first-order valence-electron chi connectivity index (χ1n) is 6.97. The summed E-state index contributed by atoms with van der Waals surface area (Å²) in [4.78, 5) is 12.3. The van der Waals surface area contributed by atoms with E-state index in [1.165, 1.54) is 5.69 Å². The van der Waals surface area contributed by atoms with Gasteiger partial charge in [-0.3, -0.25) is 0 Å². The van der Waals surface area contributed by atoms with Gasteiger partial charge in [0.15, 0.2) is 0 Å². The fraction of sp³-hybridized carbons (Fsp3) is 0.333. The summed E-state index contributed by atoms with van der Waals surface area (Å²) in [5, 5.41) is 0. The van der Waals surface area contributed by atoms with Gasteiger partial charge in [-0.2, -0.15) is 0 Å². The molecule has 0 bridgehead atoms. The molecule has 0 amide bonds. The molecule has 5 heteroatoms. The summed E-state index contributed by atoms with van der Waals surface area (Å²) in [5.41, 5.74) is 11.6. The molecule has 20 heavy (non-hydrogen) atoms. The van der Waals surface area contributed by atoms with E-state index in [0.29, 0.717) is 0 Å². The van der Waals surface area contributed by atoms with E-state index < -0.39 is 0 Å². The Bertz CT molecular complexity index is 783. The highest BCUT2D eigenvalue weighted by atomic mass is 15.1. The van der Waals surface area contributed by atoms with Crippen molar-refractivity contribution < 1.29 is 0 Å². The van der Waals surface area contributed by atoms with Crippen LogP contribution in [0.4, 0.5) is 0 Å². The van der Waals surface area contributed by atoms with Crippen molar-refractivity contribution in [1.82, 2.24) is 19.5 Å². The maximum atomic E-state index is 6.01. The lowest BCUT2D eigenvalue weighted by molar-refractivity contribution is 0.461. The number of nitrogens with zero attached hydrogens (tertiary/aromatic N) is 3.